The molecular weight excluding hydrogens is 370 g/mol. The lowest BCUT2D eigenvalue weighted by atomic mass is 10.1. The van der Waals surface area contributed by atoms with Gasteiger partial charge in [-0.2, -0.15) is 0 Å². The molecule has 0 aromatic heterocycles. The number of fused-ring (bicyclic) bond motifs is 1. The molecule has 2 aromatic carbocycles. The van der Waals surface area contributed by atoms with E-state index in [1.54, 1.807) is 13.2 Å². The lowest BCUT2D eigenvalue weighted by Gasteiger charge is -2.20. The van der Waals surface area contributed by atoms with E-state index in [9.17, 15) is 4.79 Å². The molecule has 0 saturated heterocycles. The van der Waals surface area contributed by atoms with E-state index in [0.717, 1.165) is 11.1 Å². The van der Waals surface area contributed by atoms with Crippen LogP contribution in [-0.4, -0.2) is 32.8 Å². The van der Waals surface area contributed by atoms with Crippen molar-refractivity contribution in [2.75, 3.05) is 26.9 Å². The van der Waals surface area contributed by atoms with Crippen LogP contribution in [0.2, 0.25) is 0 Å². The molecule has 0 unspecified atom stereocenters. The van der Waals surface area contributed by atoms with Crippen LogP contribution in [0.15, 0.2) is 42.5 Å². The van der Waals surface area contributed by atoms with Crippen molar-refractivity contribution >= 4 is 12.0 Å². The van der Waals surface area contributed by atoms with Gasteiger partial charge in [-0.1, -0.05) is 32.0 Å². The molecule has 6 heteroatoms. The minimum Gasteiger partial charge on any atom is -0.493 e. The minimum absolute atomic E-state index is 0.196. The van der Waals surface area contributed by atoms with Crippen LogP contribution in [-0.2, 0) is 11.3 Å². The summed E-state index contributed by atoms with van der Waals surface area (Å²) in [7, 11) is 1.60. The third-order valence-corrected chi connectivity index (χ3v) is 4.29. The second kappa shape index (κ2) is 9.87. The molecule has 2 aromatic rings. The zero-order valence-corrected chi connectivity index (χ0v) is 17.1. The maximum Gasteiger partial charge on any atom is 0.244 e. The summed E-state index contributed by atoms with van der Waals surface area (Å²) in [4.78, 5) is 12.2. The summed E-state index contributed by atoms with van der Waals surface area (Å²) in [6, 6.07) is 11.3. The number of nitrogens with one attached hydrogen (secondary N) is 1. The Balaban J connectivity index is 1.59. The molecular formula is C23H27NO5. The van der Waals surface area contributed by atoms with Gasteiger partial charge in [0.25, 0.3) is 0 Å². The van der Waals surface area contributed by atoms with Crippen LogP contribution in [0, 0.1) is 5.92 Å². The number of carbonyl (C=O) groups is 1. The molecule has 0 aliphatic carbocycles. The van der Waals surface area contributed by atoms with Gasteiger partial charge in [0.05, 0.1) is 13.7 Å². The molecule has 0 atom stereocenters. The van der Waals surface area contributed by atoms with E-state index in [4.69, 9.17) is 18.9 Å². The molecule has 3 rings (SSSR count). The predicted octanol–water partition coefficient (Wildman–Crippen LogP) is 3.83. The maximum absolute atomic E-state index is 12.2. The number of rotatable bonds is 8. The second-order valence-electron chi connectivity index (χ2n) is 7.11. The number of methoxy groups -OCH3 is 1. The Morgan fingerprint density at radius 1 is 1.17 bits per heavy atom. The average molecular weight is 397 g/mol. The molecule has 29 heavy (non-hydrogen) atoms. The summed E-state index contributed by atoms with van der Waals surface area (Å²) >= 11 is 0. The highest BCUT2D eigenvalue weighted by atomic mass is 16.6. The second-order valence-corrected chi connectivity index (χ2v) is 7.11. The highest BCUT2D eigenvalue weighted by Crippen LogP contribution is 2.33. The number of benzene rings is 2. The molecule has 0 saturated carbocycles. The van der Waals surface area contributed by atoms with Crippen LogP contribution >= 0.6 is 0 Å². The minimum atomic E-state index is -0.196. The van der Waals surface area contributed by atoms with Gasteiger partial charge in [0.15, 0.2) is 23.0 Å². The van der Waals surface area contributed by atoms with Gasteiger partial charge in [0, 0.05) is 18.2 Å². The summed E-state index contributed by atoms with van der Waals surface area (Å²) in [6.45, 7) is 6.21. The number of para-hydroxylation sites is 1. The Morgan fingerprint density at radius 3 is 2.79 bits per heavy atom. The van der Waals surface area contributed by atoms with E-state index >= 15 is 0 Å². The summed E-state index contributed by atoms with van der Waals surface area (Å²) < 4.78 is 22.4. The highest BCUT2D eigenvalue weighted by molar-refractivity contribution is 5.91. The Labute approximate surface area is 171 Å². The quantitative estimate of drug-likeness (QED) is 0.686. The maximum atomic E-state index is 12.2. The molecule has 0 radical (unpaired) electrons. The molecule has 1 N–H and O–H groups in total. The van der Waals surface area contributed by atoms with E-state index < -0.39 is 0 Å². The standard InChI is InChI=1S/C23H27NO5/c1-16(2)15-29-19-9-7-17(13-21(19)26-3)8-10-22(25)24-14-18-5-4-6-20-23(18)28-12-11-27-20/h4-10,13,16H,11-12,14-15H2,1-3H3,(H,24,25)/b10-8+. The molecule has 1 heterocycles. The van der Waals surface area contributed by atoms with Crippen LogP contribution in [0.5, 0.6) is 23.0 Å². The highest BCUT2D eigenvalue weighted by Gasteiger charge is 2.15. The van der Waals surface area contributed by atoms with Gasteiger partial charge in [-0.15, -0.1) is 0 Å². The zero-order chi connectivity index (χ0) is 20.6. The van der Waals surface area contributed by atoms with Crippen LogP contribution in [0.1, 0.15) is 25.0 Å². The van der Waals surface area contributed by atoms with Crippen molar-refractivity contribution in [2.24, 2.45) is 5.92 Å². The number of ether oxygens (including phenoxy) is 4. The van der Waals surface area contributed by atoms with E-state index in [0.29, 0.717) is 55.3 Å². The lowest BCUT2D eigenvalue weighted by molar-refractivity contribution is -0.116. The van der Waals surface area contributed by atoms with Crippen molar-refractivity contribution in [3.05, 3.63) is 53.6 Å². The fourth-order valence-electron chi connectivity index (χ4n) is 2.85. The molecule has 154 valence electrons. The van der Waals surface area contributed by atoms with Gasteiger partial charge in [-0.25, -0.2) is 0 Å². The largest absolute Gasteiger partial charge is 0.493 e. The normalized spacial score (nSPS) is 12.8. The smallest absolute Gasteiger partial charge is 0.244 e. The van der Waals surface area contributed by atoms with Gasteiger partial charge in [0.1, 0.15) is 13.2 Å². The van der Waals surface area contributed by atoms with Crippen molar-refractivity contribution in [3.8, 4) is 23.0 Å². The molecule has 1 aliphatic rings. The first kappa shape index (κ1) is 20.6. The van der Waals surface area contributed by atoms with E-state index in [-0.39, 0.29) is 5.91 Å². The van der Waals surface area contributed by atoms with Gasteiger partial charge in [-0.3, -0.25) is 4.79 Å². The van der Waals surface area contributed by atoms with Gasteiger partial charge in [0.2, 0.25) is 5.91 Å². The van der Waals surface area contributed by atoms with Crippen molar-refractivity contribution in [1.29, 1.82) is 0 Å². The van der Waals surface area contributed by atoms with Crippen molar-refractivity contribution in [1.82, 2.24) is 5.32 Å². The summed E-state index contributed by atoms with van der Waals surface area (Å²) in [5, 5.41) is 2.87. The van der Waals surface area contributed by atoms with Crippen molar-refractivity contribution in [2.45, 2.75) is 20.4 Å². The molecule has 6 nitrogen and oxygen atoms in total. The zero-order valence-electron chi connectivity index (χ0n) is 17.1. The Hall–Kier alpha value is -3.15. The van der Waals surface area contributed by atoms with Crippen molar-refractivity contribution < 1.29 is 23.7 Å². The fourth-order valence-corrected chi connectivity index (χ4v) is 2.85. The molecule has 1 amide bonds. The fraction of sp³-hybridized carbons (Fsp3) is 0.348. The summed E-state index contributed by atoms with van der Waals surface area (Å²) in [5.41, 5.74) is 1.74. The number of hydrogen-bond donors (Lipinski definition) is 1. The van der Waals surface area contributed by atoms with Crippen LogP contribution in [0.25, 0.3) is 6.08 Å². The monoisotopic (exact) mass is 397 g/mol. The molecule has 0 spiro atoms. The Morgan fingerprint density at radius 2 is 2.00 bits per heavy atom. The number of amides is 1. The van der Waals surface area contributed by atoms with Gasteiger partial charge >= 0.3 is 0 Å². The Bertz CT molecular complexity index is 876. The van der Waals surface area contributed by atoms with Crippen molar-refractivity contribution in [3.63, 3.8) is 0 Å². The first-order valence-corrected chi connectivity index (χ1v) is 9.71. The summed E-state index contributed by atoms with van der Waals surface area (Å²) in [5.74, 6) is 2.98. The number of hydrogen-bond acceptors (Lipinski definition) is 5. The molecule has 0 bridgehead atoms. The SMILES string of the molecule is COc1cc(/C=C/C(=O)NCc2cccc3c2OCCO3)ccc1OCC(C)C. The summed E-state index contributed by atoms with van der Waals surface area (Å²) in [6.07, 6.45) is 3.24. The Kier molecular flexibility index (Phi) is 7.00. The third-order valence-electron chi connectivity index (χ3n) is 4.29. The topological polar surface area (TPSA) is 66.0 Å². The first-order valence-electron chi connectivity index (χ1n) is 9.71. The molecule has 1 aliphatic heterocycles. The predicted molar refractivity (Wildman–Crippen MR) is 112 cm³/mol. The van der Waals surface area contributed by atoms with Gasteiger partial charge < -0.3 is 24.3 Å². The third kappa shape index (κ3) is 5.67. The number of carbonyl (C=O) groups excluding carboxylic acids is 1. The van der Waals surface area contributed by atoms with Gasteiger partial charge in [-0.05, 0) is 35.8 Å². The van der Waals surface area contributed by atoms with Crippen LogP contribution in [0.3, 0.4) is 0 Å². The van der Waals surface area contributed by atoms with E-state index in [1.165, 1.54) is 6.08 Å². The molecule has 0 fully saturated rings. The van der Waals surface area contributed by atoms with E-state index in [1.807, 2.05) is 36.4 Å². The van der Waals surface area contributed by atoms with Crippen LogP contribution in [0.4, 0.5) is 0 Å². The first-order chi connectivity index (χ1) is 14.1. The average Bonchev–Trinajstić information content (AvgIpc) is 2.74. The van der Waals surface area contributed by atoms with E-state index in [2.05, 4.69) is 19.2 Å². The lowest BCUT2D eigenvalue weighted by Crippen LogP contribution is -2.22. The van der Waals surface area contributed by atoms with Crippen LogP contribution < -0.4 is 24.3 Å².